The van der Waals surface area contributed by atoms with Crippen LogP contribution in [0.5, 0.6) is 0 Å². The van der Waals surface area contributed by atoms with Gasteiger partial charge in [0.05, 0.1) is 4.90 Å². The lowest BCUT2D eigenvalue weighted by molar-refractivity contribution is 0.249. The van der Waals surface area contributed by atoms with E-state index in [1.54, 1.807) is 11.4 Å². The molecule has 1 N–H and O–H groups in total. The molecule has 0 spiro atoms. The molecule has 0 heterocycles. The van der Waals surface area contributed by atoms with E-state index in [2.05, 4.69) is 5.32 Å². The minimum absolute atomic E-state index is 0.178. The third kappa shape index (κ3) is 2.90. The van der Waals surface area contributed by atoms with Crippen molar-refractivity contribution >= 4 is 10.0 Å². The molecule has 0 aromatic heterocycles. The van der Waals surface area contributed by atoms with Crippen molar-refractivity contribution in [1.82, 2.24) is 9.62 Å². The van der Waals surface area contributed by atoms with Gasteiger partial charge in [-0.1, -0.05) is 25.5 Å². The molecular weight excluding hydrogens is 272 g/mol. The summed E-state index contributed by atoms with van der Waals surface area (Å²) in [6, 6.07) is 5.93. The van der Waals surface area contributed by atoms with Gasteiger partial charge in [0, 0.05) is 19.6 Å². The van der Waals surface area contributed by atoms with Crippen molar-refractivity contribution in [1.29, 1.82) is 0 Å². The highest BCUT2D eigenvalue weighted by Crippen LogP contribution is 2.30. The summed E-state index contributed by atoms with van der Waals surface area (Å²) in [7, 11) is 0.198. The van der Waals surface area contributed by atoms with Gasteiger partial charge in [-0.25, -0.2) is 8.42 Å². The van der Waals surface area contributed by atoms with Crippen molar-refractivity contribution < 1.29 is 8.42 Å². The lowest BCUT2D eigenvalue weighted by Crippen LogP contribution is -2.41. The number of benzene rings is 1. The maximum atomic E-state index is 12.8. The number of nitrogens with zero attached hydrogens (tertiary/aromatic N) is 1. The molecule has 4 nitrogen and oxygen atoms in total. The summed E-state index contributed by atoms with van der Waals surface area (Å²) in [5, 5.41) is 3.07. The first kappa shape index (κ1) is 15.5. The molecule has 0 saturated heterocycles. The van der Waals surface area contributed by atoms with Crippen molar-refractivity contribution in [3.05, 3.63) is 29.3 Å². The summed E-state index contributed by atoms with van der Waals surface area (Å²) in [6.45, 7) is 2.68. The van der Waals surface area contributed by atoms with Crippen LogP contribution in [0.4, 0.5) is 0 Å². The number of hydrogen-bond acceptors (Lipinski definition) is 3. The Labute approximate surface area is 122 Å². The van der Waals surface area contributed by atoms with Gasteiger partial charge in [0.1, 0.15) is 0 Å². The molecule has 0 aliphatic heterocycles. The van der Waals surface area contributed by atoms with Crippen LogP contribution < -0.4 is 5.32 Å². The fourth-order valence-corrected chi connectivity index (χ4v) is 4.30. The molecule has 1 aliphatic rings. The van der Waals surface area contributed by atoms with E-state index < -0.39 is 10.0 Å². The second kappa shape index (κ2) is 6.24. The maximum Gasteiger partial charge on any atom is 0.243 e. The zero-order valence-electron chi connectivity index (χ0n) is 12.5. The summed E-state index contributed by atoms with van der Waals surface area (Å²) in [5.41, 5.74) is 1.90. The molecule has 1 aromatic carbocycles. The number of sulfonamides is 1. The van der Waals surface area contributed by atoms with Crippen LogP contribution in [0.25, 0.3) is 0 Å². The smallest absolute Gasteiger partial charge is 0.243 e. The number of rotatable bonds is 6. The van der Waals surface area contributed by atoms with Gasteiger partial charge in [0.2, 0.25) is 10.0 Å². The molecule has 1 aliphatic carbocycles. The van der Waals surface area contributed by atoms with Gasteiger partial charge in [-0.15, -0.1) is 0 Å². The molecule has 112 valence electrons. The van der Waals surface area contributed by atoms with Crippen LogP contribution in [-0.2, 0) is 23.0 Å². The Morgan fingerprint density at radius 1 is 1.35 bits per heavy atom. The van der Waals surface area contributed by atoms with Crippen molar-refractivity contribution in [2.45, 2.75) is 50.1 Å². The lowest BCUT2D eigenvalue weighted by atomic mass is 9.94. The number of aryl methyl sites for hydroxylation is 1. The molecule has 2 rings (SSSR count). The Hall–Kier alpha value is -0.910. The molecule has 1 aromatic rings. The monoisotopic (exact) mass is 296 g/mol. The highest BCUT2D eigenvalue weighted by molar-refractivity contribution is 7.89. The Morgan fingerprint density at radius 3 is 2.55 bits per heavy atom. The second-order valence-electron chi connectivity index (χ2n) is 5.43. The van der Waals surface area contributed by atoms with Crippen molar-refractivity contribution in [2.24, 2.45) is 0 Å². The van der Waals surface area contributed by atoms with E-state index in [4.69, 9.17) is 0 Å². The number of nitrogens with one attached hydrogen (secondary N) is 1. The van der Waals surface area contributed by atoms with Gasteiger partial charge in [-0.2, -0.15) is 4.31 Å². The highest BCUT2D eigenvalue weighted by Gasteiger charge is 2.32. The van der Waals surface area contributed by atoms with E-state index in [9.17, 15) is 8.42 Å². The van der Waals surface area contributed by atoms with Gasteiger partial charge >= 0.3 is 0 Å². The molecule has 20 heavy (non-hydrogen) atoms. The van der Waals surface area contributed by atoms with E-state index in [1.165, 1.54) is 0 Å². The van der Waals surface area contributed by atoms with Gasteiger partial charge in [0.15, 0.2) is 0 Å². The molecule has 0 bridgehead atoms. The second-order valence-corrected chi connectivity index (χ2v) is 7.40. The Kier molecular flexibility index (Phi) is 4.83. The fourth-order valence-electron chi connectivity index (χ4n) is 2.55. The Morgan fingerprint density at radius 2 is 2.05 bits per heavy atom. The van der Waals surface area contributed by atoms with E-state index in [0.29, 0.717) is 11.4 Å². The summed E-state index contributed by atoms with van der Waals surface area (Å²) in [4.78, 5) is 0.474. The topological polar surface area (TPSA) is 49.4 Å². The standard InChI is InChI=1S/C15H24N2O2S/c1-4-13-9-8-12(11-16-2)10-15(13)20(18,19)17(3)14-6-5-7-14/h8-10,14,16H,4-7,11H2,1-3H3. The van der Waals surface area contributed by atoms with Gasteiger partial charge in [0.25, 0.3) is 0 Å². The van der Waals surface area contributed by atoms with Crippen molar-refractivity contribution in [3.63, 3.8) is 0 Å². The van der Waals surface area contributed by atoms with Crippen LogP contribution in [0.2, 0.25) is 0 Å². The van der Waals surface area contributed by atoms with E-state index >= 15 is 0 Å². The fraction of sp³-hybridized carbons (Fsp3) is 0.600. The van der Waals surface area contributed by atoms with Crippen molar-refractivity contribution in [2.75, 3.05) is 14.1 Å². The third-order valence-corrected chi connectivity index (χ3v) is 6.13. The van der Waals surface area contributed by atoms with E-state index in [1.807, 2.05) is 32.2 Å². The first-order valence-electron chi connectivity index (χ1n) is 7.25. The largest absolute Gasteiger partial charge is 0.316 e. The summed E-state index contributed by atoms with van der Waals surface area (Å²) in [5.74, 6) is 0. The maximum absolute atomic E-state index is 12.8. The minimum Gasteiger partial charge on any atom is -0.316 e. The van der Waals surface area contributed by atoms with Crippen LogP contribution >= 0.6 is 0 Å². The normalized spacial score (nSPS) is 16.4. The lowest BCUT2D eigenvalue weighted by Gasteiger charge is -2.34. The Bertz CT molecular complexity index is 565. The van der Waals surface area contributed by atoms with Crippen LogP contribution in [0.1, 0.15) is 37.3 Å². The average molecular weight is 296 g/mol. The van der Waals surface area contributed by atoms with Gasteiger partial charge in [-0.3, -0.25) is 0 Å². The Balaban J connectivity index is 2.39. The highest BCUT2D eigenvalue weighted by atomic mass is 32.2. The number of hydrogen-bond donors (Lipinski definition) is 1. The van der Waals surface area contributed by atoms with Crippen molar-refractivity contribution in [3.8, 4) is 0 Å². The average Bonchev–Trinajstić information content (AvgIpc) is 2.37. The molecule has 1 saturated carbocycles. The molecule has 0 amide bonds. The quantitative estimate of drug-likeness (QED) is 0.875. The van der Waals surface area contributed by atoms with Gasteiger partial charge in [-0.05, 0) is 43.5 Å². The van der Waals surface area contributed by atoms with Gasteiger partial charge < -0.3 is 5.32 Å². The molecule has 0 atom stereocenters. The third-order valence-electron chi connectivity index (χ3n) is 4.14. The van der Waals surface area contributed by atoms with E-state index in [0.717, 1.165) is 36.8 Å². The summed E-state index contributed by atoms with van der Waals surface area (Å²) in [6.07, 6.45) is 3.82. The molecular formula is C15H24N2O2S. The molecule has 1 fully saturated rings. The molecule has 0 radical (unpaired) electrons. The first-order chi connectivity index (χ1) is 9.50. The predicted octanol–water partition coefficient (Wildman–Crippen LogP) is 2.14. The van der Waals surface area contributed by atoms with Crippen LogP contribution in [-0.4, -0.2) is 32.9 Å². The van der Waals surface area contributed by atoms with E-state index in [-0.39, 0.29) is 6.04 Å². The SMILES string of the molecule is CCc1ccc(CNC)cc1S(=O)(=O)N(C)C1CCC1. The molecule has 0 unspecified atom stereocenters. The van der Waals surface area contributed by atoms with Crippen LogP contribution in [0.15, 0.2) is 23.1 Å². The zero-order chi connectivity index (χ0) is 14.8. The zero-order valence-corrected chi connectivity index (χ0v) is 13.3. The van der Waals surface area contributed by atoms with Crippen LogP contribution in [0, 0.1) is 0 Å². The first-order valence-corrected chi connectivity index (χ1v) is 8.69. The summed E-state index contributed by atoms with van der Waals surface area (Å²) < 4.78 is 27.2. The summed E-state index contributed by atoms with van der Waals surface area (Å²) >= 11 is 0. The van der Waals surface area contributed by atoms with Crippen LogP contribution in [0.3, 0.4) is 0 Å². The minimum atomic E-state index is -3.38. The molecule has 5 heteroatoms. The predicted molar refractivity (Wildman–Crippen MR) is 81.2 cm³/mol.